The Hall–Kier alpha value is -1.54. The minimum Gasteiger partial charge on any atom is -0.485 e. The van der Waals surface area contributed by atoms with Gasteiger partial charge in [0.1, 0.15) is 12.8 Å². The first-order valence-corrected chi connectivity index (χ1v) is 11.3. The number of ether oxygens (including phenoxy) is 2. The maximum Gasteiger partial charge on any atom is 0.407 e. The van der Waals surface area contributed by atoms with Crippen LogP contribution >= 0.6 is 0 Å². The van der Waals surface area contributed by atoms with Crippen molar-refractivity contribution in [3.8, 4) is 5.75 Å². The average molecular weight is 327 g/mol. The summed E-state index contributed by atoms with van der Waals surface area (Å²) in [6.45, 7) is 9.05. The van der Waals surface area contributed by atoms with Crippen molar-refractivity contribution in [1.82, 2.24) is 14.7 Å². The molecule has 1 fully saturated rings. The summed E-state index contributed by atoms with van der Waals surface area (Å²) in [5.74, 6) is 0.658. The van der Waals surface area contributed by atoms with Gasteiger partial charge in [-0.2, -0.15) is 5.10 Å². The summed E-state index contributed by atoms with van der Waals surface area (Å²) in [6.07, 6.45) is 3.16. The molecule has 0 aliphatic carbocycles. The van der Waals surface area contributed by atoms with E-state index in [1.54, 1.807) is 17.1 Å². The van der Waals surface area contributed by atoms with E-state index in [0.29, 0.717) is 32.0 Å². The van der Waals surface area contributed by atoms with Gasteiger partial charge in [-0.05, 0) is 6.04 Å². The first kappa shape index (κ1) is 16.8. The second kappa shape index (κ2) is 7.15. The average Bonchev–Trinajstić information content (AvgIpc) is 3.04. The number of nitrogens with zero attached hydrogens (tertiary/aromatic N) is 3. The van der Waals surface area contributed by atoms with Crippen LogP contribution in [0.25, 0.3) is 0 Å². The standard InChI is InChI=1S/C14H25N3O4Si/c1-22(2,3)7-6-20-11-17-10-13(8-15-17)21-12-4-5-16(9-12)14(18)19/h8,10,12H,4-7,9,11H2,1-3H3,(H,18,19)/t12-/m0/s1. The summed E-state index contributed by atoms with van der Waals surface area (Å²) >= 11 is 0. The fourth-order valence-corrected chi connectivity index (χ4v) is 2.96. The first-order chi connectivity index (χ1) is 10.3. The Bertz CT molecular complexity index is 501. The lowest BCUT2D eigenvalue weighted by molar-refractivity contribution is 0.0782. The van der Waals surface area contributed by atoms with Gasteiger partial charge >= 0.3 is 6.09 Å². The van der Waals surface area contributed by atoms with Crippen LogP contribution < -0.4 is 4.74 Å². The van der Waals surface area contributed by atoms with Crippen molar-refractivity contribution in [3.63, 3.8) is 0 Å². The van der Waals surface area contributed by atoms with Crippen LogP contribution in [-0.4, -0.2) is 59.8 Å². The summed E-state index contributed by atoms with van der Waals surface area (Å²) in [7, 11) is -1.06. The third-order valence-corrected chi connectivity index (χ3v) is 5.25. The highest BCUT2D eigenvalue weighted by molar-refractivity contribution is 6.76. The van der Waals surface area contributed by atoms with Crippen molar-refractivity contribution >= 4 is 14.2 Å². The Kier molecular flexibility index (Phi) is 5.46. The topological polar surface area (TPSA) is 76.8 Å². The predicted octanol–water partition coefficient (Wildman–Crippen LogP) is 2.33. The van der Waals surface area contributed by atoms with Crippen molar-refractivity contribution in [2.24, 2.45) is 0 Å². The normalized spacial score (nSPS) is 18.7. The van der Waals surface area contributed by atoms with E-state index in [1.807, 2.05) is 0 Å². The number of carbonyl (C=O) groups is 1. The van der Waals surface area contributed by atoms with Crippen LogP contribution in [0.4, 0.5) is 4.79 Å². The molecule has 2 heterocycles. The van der Waals surface area contributed by atoms with E-state index in [0.717, 1.165) is 12.7 Å². The molecule has 2 rings (SSSR count). The van der Waals surface area contributed by atoms with Gasteiger partial charge in [0.2, 0.25) is 0 Å². The molecule has 1 atom stereocenters. The van der Waals surface area contributed by atoms with Gasteiger partial charge in [-0.15, -0.1) is 0 Å². The molecule has 0 spiro atoms. The van der Waals surface area contributed by atoms with Gasteiger partial charge in [0.05, 0.1) is 18.9 Å². The highest BCUT2D eigenvalue weighted by atomic mass is 28.3. The molecule has 1 aliphatic heterocycles. The third kappa shape index (κ3) is 5.34. The molecule has 124 valence electrons. The summed E-state index contributed by atoms with van der Waals surface area (Å²) in [6, 6.07) is 1.13. The summed E-state index contributed by atoms with van der Waals surface area (Å²) < 4.78 is 13.1. The molecular weight excluding hydrogens is 302 g/mol. The van der Waals surface area contributed by atoms with Crippen molar-refractivity contribution < 1.29 is 19.4 Å². The van der Waals surface area contributed by atoms with Gasteiger partial charge in [0.25, 0.3) is 0 Å². The largest absolute Gasteiger partial charge is 0.485 e. The number of amides is 1. The molecular formula is C14H25N3O4Si. The van der Waals surface area contributed by atoms with Crippen molar-refractivity contribution in [2.45, 2.75) is 44.9 Å². The van der Waals surface area contributed by atoms with Crippen LogP contribution in [0.15, 0.2) is 12.4 Å². The maximum atomic E-state index is 10.9. The molecule has 0 unspecified atom stereocenters. The van der Waals surface area contributed by atoms with Crippen LogP contribution in [0.2, 0.25) is 25.7 Å². The molecule has 8 heteroatoms. The molecule has 1 amide bonds. The number of hydrogen-bond donors (Lipinski definition) is 1. The van der Waals surface area contributed by atoms with Gasteiger partial charge in [-0.3, -0.25) is 0 Å². The van der Waals surface area contributed by atoms with Crippen molar-refractivity contribution in [2.75, 3.05) is 19.7 Å². The molecule has 22 heavy (non-hydrogen) atoms. The Morgan fingerprint density at radius 1 is 1.50 bits per heavy atom. The fraction of sp³-hybridized carbons (Fsp3) is 0.714. The second-order valence-electron chi connectivity index (χ2n) is 6.82. The smallest absolute Gasteiger partial charge is 0.407 e. The van der Waals surface area contributed by atoms with Crippen LogP contribution in [0, 0.1) is 0 Å². The minimum atomic E-state index is -1.06. The van der Waals surface area contributed by atoms with Gasteiger partial charge in [0.15, 0.2) is 5.75 Å². The van der Waals surface area contributed by atoms with Crippen molar-refractivity contribution in [3.05, 3.63) is 12.4 Å². The number of carboxylic acid groups (broad SMARTS) is 1. The van der Waals surface area contributed by atoms with E-state index in [4.69, 9.17) is 14.6 Å². The zero-order chi connectivity index (χ0) is 16.2. The van der Waals surface area contributed by atoms with Gasteiger partial charge in [0, 0.05) is 27.6 Å². The first-order valence-electron chi connectivity index (χ1n) is 7.58. The number of likely N-dealkylation sites (tertiary alicyclic amines) is 1. The molecule has 0 radical (unpaired) electrons. The Balaban J connectivity index is 1.72. The summed E-state index contributed by atoms with van der Waals surface area (Å²) in [5, 5.41) is 13.1. The molecule has 7 nitrogen and oxygen atoms in total. The van der Waals surface area contributed by atoms with Gasteiger partial charge < -0.3 is 19.5 Å². The minimum absolute atomic E-state index is 0.0958. The zero-order valence-electron chi connectivity index (χ0n) is 13.5. The molecule has 0 bridgehead atoms. The quantitative estimate of drug-likeness (QED) is 0.614. The second-order valence-corrected chi connectivity index (χ2v) is 12.4. The van der Waals surface area contributed by atoms with E-state index in [9.17, 15) is 4.79 Å². The fourth-order valence-electron chi connectivity index (χ4n) is 2.20. The predicted molar refractivity (Wildman–Crippen MR) is 85.0 cm³/mol. The number of rotatable bonds is 7. The Labute approximate surface area is 131 Å². The molecule has 1 aromatic rings. The zero-order valence-corrected chi connectivity index (χ0v) is 14.5. The highest BCUT2D eigenvalue weighted by Crippen LogP contribution is 2.18. The SMILES string of the molecule is C[Si](C)(C)CCOCn1cc(O[C@H]2CCN(C(=O)O)C2)cn1. The highest BCUT2D eigenvalue weighted by Gasteiger charge is 2.27. The molecule has 1 aromatic heterocycles. The molecule has 0 saturated carbocycles. The molecule has 1 N–H and O–H groups in total. The van der Waals surface area contributed by atoms with Gasteiger partial charge in [-0.25, -0.2) is 9.48 Å². The van der Waals surface area contributed by atoms with E-state index in [1.165, 1.54) is 4.90 Å². The monoisotopic (exact) mass is 327 g/mol. The van der Waals surface area contributed by atoms with Gasteiger partial charge in [-0.1, -0.05) is 19.6 Å². The Morgan fingerprint density at radius 2 is 2.27 bits per heavy atom. The van der Waals surface area contributed by atoms with E-state index in [-0.39, 0.29) is 6.10 Å². The lowest BCUT2D eigenvalue weighted by atomic mass is 10.3. The lowest BCUT2D eigenvalue weighted by Gasteiger charge is -2.15. The van der Waals surface area contributed by atoms with Crippen LogP contribution in [-0.2, 0) is 11.5 Å². The van der Waals surface area contributed by atoms with Crippen LogP contribution in [0.1, 0.15) is 6.42 Å². The summed E-state index contributed by atoms with van der Waals surface area (Å²) in [5.41, 5.74) is 0. The van der Waals surface area contributed by atoms with Crippen molar-refractivity contribution in [1.29, 1.82) is 0 Å². The maximum absolute atomic E-state index is 10.9. The molecule has 0 aromatic carbocycles. The number of aromatic nitrogens is 2. The third-order valence-electron chi connectivity index (χ3n) is 3.55. The number of hydrogen-bond acceptors (Lipinski definition) is 4. The van der Waals surface area contributed by atoms with E-state index < -0.39 is 14.2 Å². The lowest BCUT2D eigenvalue weighted by Crippen LogP contribution is -2.29. The Morgan fingerprint density at radius 3 is 2.91 bits per heavy atom. The summed E-state index contributed by atoms with van der Waals surface area (Å²) in [4.78, 5) is 12.2. The van der Waals surface area contributed by atoms with Crippen LogP contribution in [0.5, 0.6) is 5.75 Å². The molecule has 1 saturated heterocycles. The molecule has 1 aliphatic rings. The van der Waals surface area contributed by atoms with E-state index in [2.05, 4.69) is 24.7 Å². The van der Waals surface area contributed by atoms with Crippen LogP contribution in [0.3, 0.4) is 0 Å². The van der Waals surface area contributed by atoms with E-state index >= 15 is 0 Å².